The molecule has 3 heterocycles. The number of sulfonamides is 1. The van der Waals surface area contributed by atoms with E-state index in [9.17, 15) is 17.6 Å². The molecule has 10 heteroatoms. The highest BCUT2D eigenvalue weighted by Gasteiger charge is 2.32. The van der Waals surface area contributed by atoms with Gasteiger partial charge in [-0.2, -0.15) is 4.31 Å². The second kappa shape index (κ2) is 6.87. The maximum Gasteiger partial charge on any atom is 0.293 e. The van der Waals surface area contributed by atoms with Gasteiger partial charge < -0.3 is 4.42 Å². The van der Waals surface area contributed by atoms with Gasteiger partial charge in [-0.05, 0) is 24.3 Å². The smallest absolute Gasteiger partial charge is 0.293 e. The van der Waals surface area contributed by atoms with E-state index in [-0.39, 0.29) is 23.7 Å². The predicted octanol–water partition coefficient (Wildman–Crippen LogP) is 2.87. The molecule has 0 saturated heterocycles. The maximum atomic E-state index is 13.9. The summed E-state index contributed by atoms with van der Waals surface area (Å²) in [5.74, 6) is -1.05. The number of hydrogen-bond donors (Lipinski definition) is 1. The number of benzene rings is 1. The normalized spacial score (nSPS) is 14.7. The van der Waals surface area contributed by atoms with Crippen molar-refractivity contribution in [2.75, 3.05) is 11.9 Å². The number of anilines is 1. The molecule has 0 unspecified atom stereocenters. The molecule has 1 N–H and O–H groups in total. The van der Waals surface area contributed by atoms with Crippen LogP contribution in [0.3, 0.4) is 0 Å². The molecular weight excluding hydrogens is 393 g/mol. The molecule has 0 fully saturated rings. The molecule has 1 aromatic carbocycles. The first-order valence-corrected chi connectivity index (χ1v) is 10.3. The zero-order valence-electron chi connectivity index (χ0n) is 13.9. The van der Waals surface area contributed by atoms with Gasteiger partial charge in [-0.25, -0.2) is 17.8 Å². The van der Waals surface area contributed by atoms with Gasteiger partial charge in [-0.15, -0.1) is 11.3 Å². The second-order valence-electron chi connectivity index (χ2n) is 5.84. The Kier molecular flexibility index (Phi) is 4.54. The van der Waals surface area contributed by atoms with Crippen LogP contribution in [0.2, 0.25) is 0 Å². The standard InChI is InChI=1S/C17H14FN3O4S2/c18-11-4-1-2-6-15(11)27(23,24)21-8-7-12-14(10-21)26-17(19-12)20-16(22)13-5-3-9-25-13/h1-6,9H,7-8,10H2,(H,19,20,22). The Bertz CT molecular complexity index is 1090. The van der Waals surface area contributed by atoms with Crippen molar-refractivity contribution in [1.29, 1.82) is 0 Å². The quantitative estimate of drug-likeness (QED) is 0.718. The fraction of sp³-hybridized carbons (Fsp3) is 0.176. The minimum atomic E-state index is -3.95. The van der Waals surface area contributed by atoms with Crippen molar-refractivity contribution >= 4 is 32.4 Å². The third-order valence-corrected chi connectivity index (χ3v) is 6.99. The molecular formula is C17H14FN3O4S2. The lowest BCUT2D eigenvalue weighted by molar-refractivity contribution is 0.0996. The van der Waals surface area contributed by atoms with E-state index in [4.69, 9.17) is 4.42 Å². The van der Waals surface area contributed by atoms with Gasteiger partial charge >= 0.3 is 0 Å². The molecule has 7 nitrogen and oxygen atoms in total. The number of hydrogen-bond acceptors (Lipinski definition) is 6. The fourth-order valence-corrected chi connectivity index (χ4v) is 5.36. The Morgan fingerprint density at radius 2 is 2.07 bits per heavy atom. The maximum absolute atomic E-state index is 13.9. The average molecular weight is 407 g/mol. The summed E-state index contributed by atoms with van der Waals surface area (Å²) in [7, 11) is -3.95. The van der Waals surface area contributed by atoms with Crippen LogP contribution in [0.5, 0.6) is 0 Å². The van der Waals surface area contributed by atoms with Crippen LogP contribution >= 0.6 is 11.3 Å². The van der Waals surface area contributed by atoms with E-state index in [1.807, 2.05) is 0 Å². The first-order valence-electron chi connectivity index (χ1n) is 8.03. The number of fused-ring (bicyclic) bond motifs is 1. The minimum Gasteiger partial charge on any atom is -0.459 e. The summed E-state index contributed by atoms with van der Waals surface area (Å²) in [5, 5.41) is 3.01. The zero-order chi connectivity index (χ0) is 19.0. The van der Waals surface area contributed by atoms with E-state index in [1.54, 1.807) is 6.07 Å². The average Bonchev–Trinajstić information content (AvgIpc) is 3.30. The highest BCUT2D eigenvalue weighted by molar-refractivity contribution is 7.89. The first-order chi connectivity index (χ1) is 12.9. The lowest BCUT2D eigenvalue weighted by Crippen LogP contribution is -2.35. The van der Waals surface area contributed by atoms with Crippen LogP contribution in [0.25, 0.3) is 0 Å². The van der Waals surface area contributed by atoms with Gasteiger partial charge in [0.15, 0.2) is 10.9 Å². The summed E-state index contributed by atoms with van der Waals surface area (Å²) < 4.78 is 45.7. The topological polar surface area (TPSA) is 92.5 Å². The number of rotatable bonds is 4. The Hall–Kier alpha value is -2.56. The summed E-state index contributed by atoms with van der Waals surface area (Å²) in [6, 6.07) is 8.44. The van der Waals surface area contributed by atoms with Gasteiger partial charge in [0.25, 0.3) is 5.91 Å². The number of amides is 1. The van der Waals surface area contributed by atoms with E-state index in [1.165, 1.54) is 46.2 Å². The van der Waals surface area contributed by atoms with Crippen LogP contribution in [0.15, 0.2) is 52.0 Å². The molecule has 0 bridgehead atoms. The van der Waals surface area contributed by atoms with Crippen molar-refractivity contribution in [2.45, 2.75) is 17.9 Å². The van der Waals surface area contributed by atoms with Gasteiger partial charge in [0.05, 0.1) is 18.5 Å². The summed E-state index contributed by atoms with van der Waals surface area (Å²) in [4.78, 5) is 16.8. The number of furan rings is 1. The van der Waals surface area contributed by atoms with Gasteiger partial charge in [0, 0.05) is 17.8 Å². The second-order valence-corrected chi connectivity index (χ2v) is 8.83. The third kappa shape index (κ3) is 3.38. The van der Waals surface area contributed by atoms with Crippen molar-refractivity contribution in [1.82, 2.24) is 9.29 Å². The lowest BCUT2D eigenvalue weighted by atomic mass is 10.2. The number of halogens is 1. The molecule has 1 amide bonds. The van der Waals surface area contributed by atoms with E-state index >= 15 is 0 Å². The SMILES string of the molecule is O=C(Nc1nc2c(s1)CN(S(=O)(=O)c1ccccc1F)CC2)c1ccco1. The molecule has 3 aromatic rings. The van der Waals surface area contributed by atoms with E-state index in [0.29, 0.717) is 11.6 Å². The zero-order valence-corrected chi connectivity index (χ0v) is 15.5. The number of thiazole rings is 1. The Labute approximate surface area is 158 Å². The predicted molar refractivity (Wildman–Crippen MR) is 96.5 cm³/mol. The molecule has 2 aromatic heterocycles. The van der Waals surface area contributed by atoms with Gasteiger partial charge in [-0.1, -0.05) is 12.1 Å². The molecule has 1 aliphatic heterocycles. The van der Waals surface area contributed by atoms with E-state index in [2.05, 4.69) is 10.3 Å². The van der Waals surface area contributed by atoms with Crippen molar-refractivity contribution in [3.8, 4) is 0 Å². The molecule has 0 aliphatic carbocycles. The Morgan fingerprint density at radius 3 is 2.81 bits per heavy atom. The molecule has 0 radical (unpaired) electrons. The first kappa shape index (κ1) is 17.8. The monoisotopic (exact) mass is 407 g/mol. The number of carbonyl (C=O) groups is 1. The minimum absolute atomic E-state index is 0.0836. The molecule has 0 atom stereocenters. The van der Waals surface area contributed by atoms with Crippen LogP contribution in [-0.2, 0) is 23.0 Å². The summed E-state index contributed by atoms with van der Waals surface area (Å²) in [6.07, 6.45) is 1.78. The lowest BCUT2D eigenvalue weighted by Gasteiger charge is -2.25. The molecule has 1 aliphatic rings. The van der Waals surface area contributed by atoms with Crippen LogP contribution in [-0.4, -0.2) is 30.2 Å². The summed E-state index contributed by atoms with van der Waals surface area (Å²) in [5.41, 5.74) is 0.731. The molecule has 0 spiro atoms. The van der Waals surface area contributed by atoms with Crippen LogP contribution in [0.1, 0.15) is 21.1 Å². The highest BCUT2D eigenvalue weighted by atomic mass is 32.2. The van der Waals surface area contributed by atoms with Crippen LogP contribution in [0.4, 0.5) is 9.52 Å². The fourth-order valence-electron chi connectivity index (χ4n) is 2.79. The third-order valence-electron chi connectivity index (χ3n) is 4.12. The number of carbonyl (C=O) groups excluding carboxylic acids is 1. The van der Waals surface area contributed by atoms with Crippen molar-refractivity contribution < 1.29 is 22.0 Å². The summed E-state index contributed by atoms with van der Waals surface area (Å²) in [6.45, 7) is 0.277. The van der Waals surface area contributed by atoms with E-state index in [0.717, 1.165) is 16.6 Å². The highest BCUT2D eigenvalue weighted by Crippen LogP contribution is 2.31. The Morgan fingerprint density at radius 1 is 1.26 bits per heavy atom. The number of nitrogens with one attached hydrogen (secondary N) is 1. The molecule has 27 heavy (non-hydrogen) atoms. The summed E-state index contributed by atoms with van der Waals surface area (Å²) >= 11 is 1.20. The number of nitrogens with zero attached hydrogens (tertiary/aromatic N) is 2. The Balaban J connectivity index is 1.54. The van der Waals surface area contributed by atoms with Crippen molar-refractivity contribution in [3.63, 3.8) is 0 Å². The molecule has 140 valence electrons. The van der Waals surface area contributed by atoms with Crippen LogP contribution in [0, 0.1) is 5.82 Å². The van der Waals surface area contributed by atoms with Gasteiger partial charge in [0.2, 0.25) is 10.0 Å². The van der Waals surface area contributed by atoms with Crippen molar-refractivity contribution in [2.24, 2.45) is 0 Å². The molecule has 4 rings (SSSR count). The van der Waals surface area contributed by atoms with Gasteiger partial charge in [0.1, 0.15) is 10.7 Å². The molecule has 0 saturated carbocycles. The van der Waals surface area contributed by atoms with Crippen LogP contribution < -0.4 is 5.32 Å². The largest absolute Gasteiger partial charge is 0.459 e. The van der Waals surface area contributed by atoms with E-state index < -0.39 is 21.7 Å². The van der Waals surface area contributed by atoms with Crippen molar-refractivity contribution in [3.05, 3.63) is 64.8 Å². The number of aromatic nitrogens is 1. The van der Waals surface area contributed by atoms with Gasteiger partial charge in [-0.3, -0.25) is 10.1 Å².